The number of nitrogen functional groups attached to an aromatic ring is 1. The van der Waals surface area contributed by atoms with Gasteiger partial charge in [-0.3, -0.25) is 20.4 Å². The monoisotopic (exact) mass is 260 g/mol. The number of benzene rings is 1. The van der Waals surface area contributed by atoms with Gasteiger partial charge in [-0.05, 0) is 5.56 Å². The molecule has 98 valence electrons. The number of hydrogen-bond donors (Lipinski definition) is 3. The predicted molar refractivity (Wildman–Crippen MR) is 69.1 cm³/mol. The highest BCUT2D eigenvalue weighted by Gasteiger charge is 2.07. The Labute approximate surface area is 108 Å². The molecule has 8 nitrogen and oxygen atoms in total. The van der Waals surface area contributed by atoms with Gasteiger partial charge >= 0.3 is 5.56 Å². The fraction of sp³-hybridized carbons (Fsp3) is 0.0909. The van der Waals surface area contributed by atoms with Crippen LogP contribution >= 0.6 is 0 Å². The van der Waals surface area contributed by atoms with E-state index in [2.05, 4.69) is 20.9 Å². The number of hydrazine groups is 1. The molecule has 2 rings (SSSR count). The Kier molecular flexibility index (Phi) is 3.72. The second-order valence-corrected chi connectivity index (χ2v) is 3.65. The maximum atomic E-state index is 11.5. The third-order valence-corrected chi connectivity index (χ3v) is 2.33. The summed E-state index contributed by atoms with van der Waals surface area (Å²) in [4.78, 5) is 25.3. The maximum absolute atomic E-state index is 11.5. The average molecular weight is 260 g/mol. The molecule has 0 aliphatic heterocycles. The summed E-state index contributed by atoms with van der Waals surface area (Å²) in [6.07, 6.45) is 0.388. The van der Waals surface area contributed by atoms with Crippen molar-refractivity contribution in [3.05, 3.63) is 46.2 Å². The lowest BCUT2D eigenvalue weighted by atomic mass is 10.2. The Morgan fingerprint density at radius 2 is 2.05 bits per heavy atom. The second kappa shape index (κ2) is 5.63. The standard InChI is InChI=1S/C11H12N6O2/c12-11-14-10(19)9(15-13-7-18)16-17(11)6-8-4-2-1-3-5-8/h1-5,7H,6H2,(H,13,18)(H,15,16)(H2,12,14,19). The predicted octanol–water partition coefficient (Wildman–Crippen LogP) is -0.658. The number of hydrogen-bond acceptors (Lipinski definition) is 6. The van der Waals surface area contributed by atoms with Gasteiger partial charge in [-0.1, -0.05) is 30.3 Å². The molecule has 0 aliphatic carbocycles. The molecule has 0 atom stereocenters. The lowest BCUT2D eigenvalue weighted by molar-refractivity contribution is -0.109. The molecule has 0 spiro atoms. The third-order valence-electron chi connectivity index (χ3n) is 2.33. The summed E-state index contributed by atoms with van der Waals surface area (Å²) in [5, 5.41) is 3.99. The molecule has 19 heavy (non-hydrogen) atoms. The van der Waals surface area contributed by atoms with Gasteiger partial charge in [-0.15, -0.1) is 5.10 Å². The molecule has 0 aliphatic rings. The largest absolute Gasteiger partial charge is 0.368 e. The number of anilines is 2. The highest BCUT2D eigenvalue weighted by molar-refractivity contribution is 5.50. The molecule has 0 unspecified atom stereocenters. The van der Waals surface area contributed by atoms with E-state index in [9.17, 15) is 9.59 Å². The Balaban J connectivity index is 2.29. The number of nitrogens with two attached hydrogens (primary N) is 1. The first-order chi connectivity index (χ1) is 9.20. The van der Waals surface area contributed by atoms with Gasteiger partial charge in [0, 0.05) is 0 Å². The van der Waals surface area contributed by atoms with E-state index in [0.29, 0.717) is 13.0 Å². The number of aromatic nitrogens is 3. The van der Waals surface area contributed by atoms with Crippen LogP contribution in [0.2, 0.25) is 0 Å². The molecule has 0 bridgehead atoms. The summed E-state index contributed by atoms with van der Waals surface area (Å²) in [5.41, 5.74) is 10.4. The molecule has 0 saturated carbocycles. The van der Waals surface area contributed by atoms with Gasteiger partial charge in [-0.2, -0.15) is 4.98 Å². The molecule has 1 amide bonds. The second-order valence-electron chi connectivity index (χ2n) is 3.65. The van der Waals surface area contributed by atoms with Crippen LogP contribution in [0.5, 0.6) is 0 Å². The molecule has 1 heterocycles. The summed E-state index contributed by atoms with van der Waals surface area (Å²) in [7, 11) is 0. The first kappa shape index (κ1) is 12.6. The van der Waals surface area contributed by atoms with Gasteiger partial charge in [0.2, 0.25) is 18.2 Å². The quantitative estimate of drug-likeness (QED) is 0.485. The highest BCUT2D eigenvalue weighted by atomic mass is 16.1. The van der Waals surface area contributed by atoms with Crippen LogP contribution in [0.4, 0.5) is 11.8 Å². The lowest BCUT2D eigenvalue weighted by Crippen LogP contribution is -2.30. The Morgan fingerprint density at radius 1 is 1.32 bits per heavy atom. The van der Waals surface area contributed by atoms with E-state index in [-0.39, 0.29) is 11.8 Å². The van der Waals surface area contributed by atoms with E-state index in [4.69, 9.17) is 5.73 Å². The minimum Gasteiger partial charge on any atom is -0.368 e. The van der Waals surface area contributed by atoms with Gasteiger partial charge in [0.15, 0.2) is 0 Å². The van der Waals surface area contributed by atoms with E-state index in [1.807, 2.05) is 30.3 Å². The van der Waals surface area contributed by atoms with Gasteiger partial charge in [0.25, 0.3) is 0 Å². The Bertz CT molecular complexity index is 625. The molecular formula is C11H12N6O2. The zero-order valence-corrected chi connectivity index (χ0v) is 9.91. The van der Waals surface area contributed by atoms with Crippen molar-refractivity contribution in [2.24, 2.45) is 0 Å². The third kappa shape index (κ3) is 3.06. The van der Waals surface area contributed by atoms with Crippen molar-refractivity contribution in [3.8, 4) is 0 Å². The van der Waals surface area contributed by atoms with Gasteiger partial charge in [0.05, 0.1) is 6.54 Å². The number of rotatable bonds is 5. The number of nitrogens with zero attached hydrogens (tertiary/aromatic N) is 3. The summed E-state index contributed by atoms with van der Waals surface area (Å²) in [6.45, 7) is 0.371. The molecule has 8 heteroatoms. The minimum absolute atomic E-state index is 0.00510. The van der Waals surface area contributed by atoms with Crippen molar-refractivity contribution in [1.29, 1.82) is 0 Å². The molecule has 1 aromatic heterocycles. The van der Waals surface area contributed by atoms with Crippen molar-refractivity contribution in [2.45, 2.75) is 6.54 Å². The summed E-state index contributed by atoms with van der Waals surface area (Å²) in [6, 6.07) is 9.46. The highest BCUT2D eigenvalue weighted by Crippen LogP contribution is 2.04. The van der Waals surface area contributed by atoms with Crippen molar-refractivity contribution < 1.29 is 4.79 Å². The van der Waals surface area contributed by atoms with E-state index >= 15 is 0 Å². The van der Waals surface area contributed by atoms with E-state index in [1.54, 1.807) is 0 Å². The maximum Gasteiger partial charge on any atom is 0.319 e. The van der Waals surface area contributed by atoms with Crippen molar-refractivity contribution in [2.75, 3.05) is 11.2 Å². The minimum atomic E-state index is -0.642. The van der Waals surface area contributed by atoms with Crippen LogP contribution in [0.1, 0.15) is 5.56 Å². The molecule has 0 saturated heterocycles. The van der Waals surface area contributed by atoms with Crippen molar-refractivity contribution in [3.63, 3.8) is 0 Å². The molecule has 1 aromatic carbocycles. The normalized spacial score (nSPS) is 9.89. The number of nitrogens with one attached hydrogen (secondary N) is 2. The fourth-order valence-electron chi connectivity index (χ4n) is 1.48. The molecule has 4 N–H and O–H groups in total. The van der Waals surface area contributed by atoms with Crippen LogP contribution in [0.15, 0.2) is 35.1 Å². The first-order valence-corrected chi connectivity index (χ1v) is 5.44. The average Bonchev–Trinajstić information content (AvgIpc) is 2.42. The van der Waals surface area contributed by atoms with Crippen molar-refractivity contribution in [1.82, 2.24) is 20.2 Å². The van der Waals surface area contributed by atoms with Gasteiger partial charge < -0.3 is 5.73 Å². The van der Waals surface area contributed by atoms with Crippen LogP contribution in [-0.2, 0) is 11.3 Å². The van der Waals surface area contributed by atoms with Crippen LogP contribution in [0.3, 0.4) is 0 Å². The summed E-state index contributed by atoms with van der Waals surface area (Å²) >= 11 is 0. The SMILES string of the molecule is Nc1nc(=O)c(NNC=O)nn1Cc1ccccc1. The van der Waals surface area contributed by atoms with Crippen molar-refractivity contribution >= 4 is 18.2 Å². The summed E-state index contributed by atoms with van der Waals surface area (Å²) in [5.74, 6) is -0.0947. The Morgan fingerprint density at radius 3 is 2.74 bits per heavy atom. The smallest absolute Gasteiger partial charge is 0.319 e. The fourth-order valence-corrected chi connectivity index (χ4v) is 1.48. The zero-order valence-electron chi connectivity index (χ0n) is 9.91. The molecular weight excluding hydrogens is 248 g/mol. The lowest BCUT2D eigenvalue weighted by Gasteiger charge is -2.10. The van der Waals surface area contributed by atoms with Gasteiger partial charge in [0.1, 0.15) is 0 Å². The number of amides is 1. The number of carbonyl (C=O) groups is 1. The van der Waals surface area contributed by atoms with E-state index in [1.165, 1.54) is 4.68 Å². The van der Waals surface area contributed by atoms with E-state index < -0.39 is 5.56 Å². The molecule has 0 fully saturated rings. The first-order valence-electron chi connectivity index (χ1n) is 5.44. The van der Waals surface area contributed by atoms with Crippen LogP contribution < -0.4 is 22.1 Å². The number of carbonyl (C=O) groups excluding carboxylic acids is 1. The Hall–Kier alpha value is -2.90. The molecule has 2 aromatic rings. The van der Waals surface area contributed by atoms with Crippen LogP contribution in [-0.4, -0.2) is 21.2 Å². The summed E-state index contributed by atoms with van der Waals surface area (Å²) < 4.78 is 1.37. The van der Waals surface area contributed by atoms with Gasteiger partial charge in [-0.25, -0.2) is 4.68 Å². The van der Waals surface area contributed by atoms with Crippen LogP contribution in [0.25, 0.3) is 0 Å². The molecule has 0 radical (unpaired) electrons. The van der Waals surface area contributed by atoms with E-state index in [0.717, 1.165) is 5.56 Å². The van der Waals surface area contributed by atoms with Crippen LogP contribution in [0, 0.1) is 0 Å². The topological polar surface area (TPSA) is 115 Å². The zero-order chi connectivity index (χ0) is 13.7.